The van der Waals surface area contributed by atoms with E-state index < -0.39 is 30.6 Å². The first-order valence-electron chi connectivity index (χ1n) is 45.7. The van der Waals surface area contributed by atoms with Gasteiger partial charge in [0.2, 0.25) is 0 Å². The van der Waals surface area contributed by atoms with Crippen LogP contribution in [0.4, 0.5) is 22.7 Å². The van der Waals surface area contributed by atoms with Gasteiger partial charge in [-0.2, -0.15) is 0 Å². The van der Waals surface area contributed by atoms with Crippen LogP contribution in [0.5, 0.6) is 0 Å². The van der Waals surface area contributed by atoms with E-state index in [1.807, 2.05) is 49.6 Å². The second-order valence-electron chi connectivity index (χ2n) is 36.6. The summed E-state index contributed by atoms with van der Waals surface area (Å²) in [6.45, 7) is 31.1. The van der Waals surface area contributed by atoms with Crippen LogP contribution in [0.25, 0.3) is 0 Å². The maximum atomic E-state index is 7.62. The SMILES string of the molecule is C=C(CCCC)CCCCCCC[N+](C)(C)c1cncc2c1C(OCC(COC1OCOCc3cncc([N+](C)(C)CCCCCCCC(=C)CCCC)c31)(COC1OCOCc3cncc([N+](C)(C)CCCCCCCC(=C)CCCC)c31)COC1OCOCc3cncc([N+](C)(C)CCCCCCCC(=C)CCCC)c31)OCOC2.[Cl-].[Cl-].[Cl-].[Cl-]. The first kappa shape index (κ1) is 109. The van der Waals surface area contributed by atoms with Gasteiger partial charge in [0.05, 0.1) is 188 Å². The molecule has 0 fully saturated rings. The fraction of sp³-hybridized carbons (Fsp3) is 0.711. The Labute approximate surface area is 757 Å². The maximum absolute atomic E-state index is 7.62. The molecule has 121 heavy (non-hydrogen) atoms. The Bertz CT molecular complexity index is 3150. The number of hydrogen-bond donors (Lipinski definition) is 0. The predicted molar refractivity (Wildman–Crippen MR) is 477 cm³/mol. The van der Waals surface area contributed by atoms with Gasteiger partial charge in [0.1, 0.15) is 0 Å². The van der Waals surface area contributed by atoms with Gasteiger partial charge in [0, 0.05) is 47.0 Å². The van der Waals surface area contributed by atoms with Crippen molar-refractivity contribution in [2.45, 2.75) is 310 Å². The van der Waals surface area contributed by atoms with Gasteiger partial charge in [0.15, 0.2) is 75.1 Å². The van der Waals surface area contributed by atoms with Crippen LogP contribution in [0.2, 0.25) is 0 Å². The Morgan fingerprint density at radius 3 is 0.694 bits per heavy atom. The normalized spacial score (nSPS) is 17.4. The second-order valence-corrected chi connectivity index (χ2v) is 36.6. The average molecular weight is 1770 g/mol. The van der Waals surface area contributed by atoms with Crippen LogP contribution in [0, 0.1) is 5.41 Å². The van der Waals surface area contributed by atoms with Gasteiger partial charge in [-0.3, -0.25) is 37.9 Å². The van der Waals surface area contributed by atoms with Crippen molar-refractivity contribution in [1.29, 1.82) is 0 Å². The minimum Gasteiger partial charge on any atom is -1.00 e. The highest BCUT2D eigenvalue weighted by Gasteiger charge is 2.45. The number of halogens is 4. The fourth-order valence-corrected chi connectivity index (χ4v) is 17.0. The number of pyridine rings is 4. The summed E-state index contributed by atoms with van der Waals surface area (Å²) in [5.74, 6) is 0. The lowest BCUT2D eigenvalue weighted by molar-refractivity contribution is -0.269. The molecule has 0 aromatic carbocycles. The largest absolute Gasteiger partial charge is 1.00 e. The van der Waals surface area contributed by atoms with Gasteiger partial charge in [-0.1, -0.05) is 153 Å². The number of ether oxygens (including phenoxy) is 12. The molecule has 0 spiro atoms. The van der Waals surface area contributed by atoms with Crippen LogP contribution in [-0.4, -0.2) is 156 Å². The van der Waals surface area contributed by atoms with Crippen molar-refractivity contribution in [3.63, 3.8) is 0 Å². The summed E-state index contributed by atoms with van der Waals surface area (Å²) in [5, 5.41) is 0. The summed E-state index contributed by atoms with van der Waals surface area (Å²) in [7, 11) is 18.2. The van der Waals surface area contributed by atoms with Crippen molar-refractivity contribution in [1.82, 2.24) is 37.9 Å². The van der Waals surface area contributed by atoms with Crippen LogP contribution in [-0.2, 0) is 83.3 Å². The van der Waals surface area contributed by atoms with Crippen molar-refractivity contribution < 1.29 is 106 Å². The Balaban J connectivity index is 0.00000769. The Morgan fingerprint density at radius 2 is 0.488 bits per heavy atom. The molecule has 688 valence electrons. The zero-order valence-electron chi connectivity index (χ0n) is 77.0. The molecular weight excluding hydrogens is 1610 g/mol. The number of allylic oxidation sites excluding steroid dienone is 4. The summed E-state index contributed by atoms with van der Waals surface area (Å²) in [5.41, 5.74) is 15.5. The summed E-state index contributed by atoms with van der Waals surface area (Å²) in [6, 6.07) is 0. The Morgan fingerprint density at radius 1 is 0.298 bits per heavy atom. The molecule has 4 unspecified atom stereocenters. The molecular formula is C97H160Cl4N8O12. The van der Waals surface area contributed by atoms with E-state index in [2.05, 4.69) is 110 Å². The van der Waals surface area contributed by atoms with E-state index in [4.69, 9.17) is 76.8 Å². The zero-order valence-corrected chi connectivity index (χ0v) is 80.0. The lowest BCUT2D eigenvalue weighted by Gasteiger charge is -2.39. The van der Waals surface area contributed by atoms with Gasteiger partial charge >= 0.3 is 0 Å². The molecule has 4 aliphatic rings. The number of rotatable bonds is 60. The van der Waals surface area contributed by atoms with Crippen molar-refractivity contribution in [3.8, 4) is 0 Å². The second kappa shape index (κ2) is 58.5. The molecule has 0 amide bonds. The van der Waals surface area contributed by atoms with E-state index in [1.165, 1.54) is 151 Å². The monoisotopic (exact) mass is 1770 g/mol. The Hall–Kier alpha value is -3.92. The summed E-state index contributed by atoms with van der Waals surface area (Å²) < 4.78 is 85.5. The third-order valence-electron chi connectivity index (χ3n) is 24.7. The first-order chi connectivity index (χ1) is 56.6. The van der Waals surface area contributed by atoms with Crippen molar-refractivity contribution >= 4 is 22.7 Å². The van der Waals surface area contributed by atoms with Crippen molar-refractivity contribution in [2.75, 3.05) is 136 Å². The highest BCUT2D eigenvalue weighted by molar-refractivity contribution is 5.55. The third-order valence-corrected chi connectivity index (χ3v) is 24.7. The van der Waals surface area contributed by atoms with Gasteiger partial charge in [-0.05, 0) is 154 Å². The van der Waals surface area contributed by atoms with Crippen LogP contribution < -0.4 is 67.6 Å². The zero-order chi connectivity index (χ0) is 83.8. The molecule has 20 nitrogen and oxygen atoms in total. The number of quaternary nitrogens is 4. The van der Waals surface area contributed by atoms with Crippen LogP contribution in [0.15, 0.2) is 98.2 Å². The van der Waals surface area contributed by atoms with Crippen LogP contribution in [0.3, 0.4) is 0 Å². The molecule has 4 aliphatic heterocycles. The molecule has 0 aliphatic carbocycles. The van der Waals surface area contributed by atoms with E-state index in [0.717, 1.165) is 196 Å². The highest BCUT2D eigenvalue weighted by Crippen LogP contribution is 2.45. The number of nitrogens with zero attached hydrogens (tertiary/aromatic N) is 8. The molecule has 24 heteroatoms. The summed E-state index contributed by atoms with van der Waals surface area (Å²) in [4.78, 5) is 19.6. The molecule has 8 rings (SSSR count). The summed E-state index contributed by atoms with van der Waals surface area (Å²) >= 11 is 0. The molecule has 4 aromatic rings. The van der Waals surface area contributed by atoms with E-state index >= 15 is 0 Å². The number of unbranched alkanes of at least 4 members (excludes halogenated alkanes) is 20. The van der Waals surface area contributed by atoms with Gasteiger partial charge in [0.25, 0.3) is 0 Å². The molecule has 0 saturated heterocycles. The van der Waals surface area contributed by atoms with Gasteiger partial charge in [-0.25, -0.2) is 0 Å². The van der Waals surface area contributed by atoms with Crippen LogP contribution in [0.1, 0.15) is 329 Å². The van der Waals surface area contributed by atoms with E-state index in [1.54, 1.807) is 0 Å². The van der Waals surface area contributed by atoms with Gasteiger partial charge in [-0.15, -0.1) is 0 Å². The molecule has 0 radical (unpaired) electrons. The fourth-order valence-electron chi connectivity index (χ4n) is 17.0. The lowest BCUT2D eigenvalue weighted by Crippen LogP contribution is -3.00. The predicted octanol–water partition coefficient (Wildman–Crippen LogP) is 11.1. The van der Waals surface area contributed by atoms with E-state index in [9.17, 15) is 0 Å². The minimum absolute atomic E-state index is 0. The average Bonchev–Trinajstić information content (AvgIpc) is 1.78. The minimum atomic E-state index is -1.24. The molecule has 4 aromatic heterocycles. The molecule has 0 bridgehead atoms. The first-order valence-corrected chi connectivity index (χ1v) is 45.7. The molecule has 8 heterocycles. The van der Waals surface area contributed by atoms with Crippen molar-refractivity contribution in [3.05, 3.63) is 143 Å². The van der Waals surface area contributed by atoms with E-state index in [0.29, 0.717) is 44.4 Å². The highest BCUT2D eigenvalue weighted by atomic mass is 35.5. The van der Waals surface area contributed by atoms with E-state index in [-0.39, 0.29) is 103 Å². The van der Waals surface area contributed by atoms with Crippen molar-refractivity contribution in [2.24, 2.45) is 5.41 Å². The smallest absolute Gasteiger partial charge is 0.192 e. The number of fused-ring (bicyclic) bond motifs is 4. The topological polar surface area (TPSA) is 162 Å². The lowest BCUT2D eigenvalue weighted by atomic mass is 9.91. The molecule has 4 atom stereocenters. The van der Waals surface area contributed by atoms with Crippen LogP contribution >= 0.6 is 0 Å². The van der Waals surface area contributed by atoms with Gasteiger partial charge < -0.3 is 106 Å². The number of aromatic nitrogens is 4. The standard InChI is InChI=1S/C97H160N8O12.4ClH/c1-17-21-45-77(5)49-37-29-25-33-41-53-102(9,10)85-61-98-57-81-65-106-73-114-93(89(81)85)110-69-97(70-111-94-90-82(66-107-74-115-94)58-99-62-86(90)103(11,12)54-42-34-26-30-38-50-78(6)46-22-18-2,71-112-95-91-83(67-108-75-116-95)59-100-63-87(91)104(13,14)55-43-35-27-31-39-51-79(7)47-23-19-3)72-113-96-92-84(68-109-76-117-96)60-101-64-88(92)105(15,16)56-44-36-28-32-40-52-80(8)48-24-20-4;;;;/h57-64,93-96H,5-8,17-56,65-76H2,1-4,9-16H3;4*1H/q+4;;;;/p-4. The maximum Gasteiger partial charge on any atom is 0.192 e. The number of hydrogen-bond acceptors (Lipinski definition) is 16. The molecule has 0 saturated carbocycles. The summed E-state index contributed by atoms with van der Waals surface area (Å²) in [6.07, 6.45) is 53.4. The quantitative estimate of drug-likeness (QED) is 0.0233. The third kappa shape index (κ3) is 36.3. The Kier molecular flexibility index (Phi) is 52.9. The molecule has 0 N–H and O–H groups in total.